The maximum Gasteiger partial charge on any atom is 0.325 e. The van der Waals surface area contributed by atoms with Crippen LogP contribution >= 0.6 is 0 Å². The highest BCUT2D eigenvalue weighted by Crippen LogP contribution is 2.40. The number of hydrogen-bond acceptors (Lipinski definition) is 3. The first-order valence-corrected chi connectivity index (χ1v) is 6.90. The number of aliphatic carboxylic acids is 1. The summed E-state index contributed by atoms with van der Waals surface area (Å²) < 4.78 is 0. The van der Waals surface area contributed by atoms with Crippen LogP contribution < -0.4 is 5.73 Å². The largest absolute Gasteiger partial charge is 0.480 e. The van der Waals surface area contributed by atoms with Crippen LogP contribution in [0.3, 0.4) is 0 Å². The molecule has 1 unspecified atom stereocenters. The van der Waals surface area contributed by atoms with Crippen LogP contribution in [0.1, 0.15) is 36.3 Å². The molecular weight excluding hydrogens is 240 g/mol. The minimum Gasteiger partial charge on any atom is -0.480 e. The van der Waals surface area contributed by atoms with Gasteiger partial charge >= 0.3 is 5.97 Å². The molecule has 0 spiro atoms. The number of hydrogen-bond donors (Lipinski definition) is 2. The lowest BCUT2D eigenvalue weighted by Crippen LogP contribution is -2.50. The van der Waals surface area contributed by atoms with Gasteiger partial charge in [-0.15, -0.1) is 0 Å². The van der Waals surface area contributed by atoms with Crippen molar-refractivity contribution in [1.29, 1.82) is 0 Å². The van der Waals surface area contributed by atoms with Gasteiger partial charge in [0.2, 0.25) is 0 Å². The van der Waals surface area contributed by atoms with Crippen LogP contribution in [0.4, 0.5) is 0 Å². The van der Waals surface area contributed by atoms with E-state index in [0.717, 1.165) is 19.0 Å². The second kappa shape index (κ2) is 4.62. The standard InChI is InChI=1S/C15H20N2O2/c16-15(14(18)19)6-7-17(10-15)9-11-2-1-3-13(8-11)12-4-5-12/h1-3,8,12H,4-7,9-10,16H2,(H,18,19). The molecule has 1 saturated carbocycles. The van der Waals surface area contributed by atoms with E-state index >= 15 is 0 Å². The van der Waals surface area contributed by atoms with Crippen LogP contribution in [-0.2, 0) is 11.3 Å². The highest BCUT2D eigenvalue weighted by molar-refractivity contribution is 5.79. The molecule has 1 heterocycles. The minimum atomic E-state index is -1.06. The summed E-state index contributed by atoms with van der Waals surface area (Å²) in [5.74, 6) is -0.132. The predicted molar refractivity (Wildman–Crippen MR) is 72.9 cm³/mol. The second-order valence-electron chi connectivity index (χ2n) is 5.94. The Morgan fingerprint density at radius 1 is 1.47 bits per heavy atom. The van der Waals surface area contributed by atoms with Crippen LogP contribution in [0.2, 0.25) is 0 Å². The fraction of sp³-hybridized carbons (Fsp3) is 0.533. The van der Waals surface area contributed by atoms with E-state index in [0.29, 0.717) is 13.0 Å². The molecule has 0 amide bonds. The Hall–Kier alpha value is -1.39. The summed E-state index contributed by atoms with van der Waals surface area (Å²) in [6.45, 7) is 2.00. The third-order valence-electron chi connectivity index (χ3n) is 4.21. The first-order valence-electron chi connectivity index (χ1n) is 6.90. The van der Waals surface area contributed by atoms with Gasteiger partial charge in [0.15, 0.2) is 0 Å². The minimum absolute atomic E-state index is 0.440. The van der Waals surface area contributed by atoms with Crippen molar-refractivity contribution in [2.45, 2.75) is 37.3 Å². The van der Waals surface area contributed by atoms with Gasteiger partial charge in [-0.1, -0.05) is 24.3 Å². The second-order valence-corrected chi connectivity index (χ2v) is 5.94. The van der Waals surface area contributed by atoms with Crippen molar-refractivity contribution in [3.8, 4) is 0 Å². The average Bonchev–Trinajstić information content (AvgIpc) is 3.15. The van der Waals surface area contributed by atoms with Crippen LogP contribution in [-0.4, -0.2) is 34.6 Å². The normalized spacial score (nSPS) is 27.6. The molecule has 0 radical (unpaired) electrons. The van der Waals surface area contributed by atoms with E-state index in [1.165, 1.54) is 24.0 Å². The van der Waals surface area contributed by atoms with Crippen LogP contribution in [0.5, 0.6) is 0 Å². The Balaban J connectivity index is 1.66. The first kappa shape index (κ1) is 12.6. The van der Waals surface area contributed by atoms with Crippen LogP contribution in [0.25, 0.3) is 0 Å². The monoisotopic (exact) mass is 260 g/mol. The molecule has 0 bridgehead atoms. The van der Waals surface area contributed by atoms with E-state index in [4.69, 9.17) is 10.8 Å². The van der Waals surface area contributed by atoms with Gasteiger partial charge in [0.1, 0.15) is 5.54 Å². The third-order valence-corrected chi connectivity index (χ3v) is 4.21. The predicted octanol–water partition coefficient (Wildman–Crippen LogP) is 1.55. The number of benzene rings is 1. The van der Waals surface area contributed by atoms with E-state index in [-0.39, 0.29) is 0 Å². The van der Waals surface area contributed by atoms with Crippen molar-refractivity contribution >= 4 is 5.97 Å². The van der Waals surface area contributed by atoms with Crippen molar-refractivity contribution in [3.05, 3.63) is 35.4 Å². The van der Waals surface area contributed by atoms with E-state index in [2.05, 4.69) is 29.2 Å². The SMILES string of the molecule is NC1(C(=O)O)CCN(Cc2cccc(C3CC3)c2)C1. The number of nitrogens with two attached hydrogens (primary N) is 1. The topological polar surface area (TPSA) is 66.6 Å². The van der Waals surface area contributed by atoms with Crippen molar-refractivity contribution in [3.63, 3.8) is 0 Å². The number of carboxylic acids is 1. The maximum atomic E-state index is 11.1. The van der Waals surface area contributed by atoms with Gasteiger partial charge in [-0.25, -0.2) is 0 Å². The fourth-order valence-electron chi connectivity index (χ4n) is 2.84. The lowest BCUT2D eigenvalue weighted by Gasteiger charge is -2.20. The molecule has 1 aliphatic heterocycles. The first-order chi connectivity index (χ1) is 9.07. The lowest BCUT2D eigenvalue weighted by molar-refractivity contribution is -0.142. The number of likely N-dealkylation sites (tertiary alicyclic amines) is 1. The smallest absolute Gasteiger partial charge is 0.325 e. The molecule has 1 atom stereocenters. The average molecular weight is 260 g/mol. The van der Waals surface area contributed by atoms with Crippen molar-refractivity contribution in [2.75, 3.05) is 13.1 Å². The van der Waals surface area contributed by atoms with Crippen LogP contribution in [0, 0.1) is 0 Å². The molecule has 4 heteroatoms. The highest BCUT2D eigenvalue weighted by Gasteiger charge is 2.41. The third kappa shape index (κ3) is 2.65. The van der Waals surface area contributed by atoms with Crippen molar-refractivity contribution < 1.29 is 9.90 Å². The quantitative estimate of drug-likeness (QED) is 0.862. The molecule has 1 aromatic rings. The Morgan fingerprint density at radius 3 is 2.89 bits per heavy atom. The molecule has 3 N–H and O–H groups in total. The number of carbonyl (C=O) groups is 1. The van der Waals surface area contributed by atoms with Gasteiger partial charge in [0.25, 0.3) is 0 Å². The Labute approximate surface area is 113 Å². The van der Waals surface area contributed by atoms with Gasteiger partial charge in [0, 0.05) is 19.6 Å². The molecule has 4 nitrogen and oxygen atoms in total. The molecule has 3 rings (SSSR count). The summed E-state index contributed by atoms with van der Waals surface area (Å²) in [4.78, 5) is 13.3. The highest BCUT2D eigenvalue weighted by atomic mass is 16.4. The van der Waals surface area contributed by atoms with E-state index in [9.17, 15) is 4.79 Å². The number of rotatable bonds is 4. The summed E-state index contributed by atoms with van der Waals surface area (Å²) >= 11 is 0. The van der Waals surface area contributed by atoms with Gasteiger partial charge < -0.3 is 10.8 Å². The molecular formula is C15H20N2O2. The Morgan fingerprint density at radius 2 is 2.26 bits per heavy atom. The Bertz CT molecular complexity index is 499. The van der Waals surface area contributed by atoms with Crippen molar-refractivity contribution in [1.82, 2.24) is 4.90 Å². The summed E-state index contributed by atoms with van der Waals surface area (Å²) in [6.07, 6.45) is 3.14. The lowest BCUT2D eigenvalue weighted by atomic mass is 10.0. The molecule has 19 heavy (non-hydrogen) atoms. The maximum absolute atomic E-state index is 11.1. The number of nitrogens with zero attached hydrogens (tertiary/aromatic N) is 1. The Kier molecular flexibility index (Phi) is 3.07. The zero-order valence-corrected chi connectivity index (χ0v) is 11.0. The van der Waals surface area contributed by atoms with E-state index in [1.807, 2.05) is 0 Å². The summed E-state index contributed by atoms with van der Waals surface area (Å²) in [6, 6.07) is 8.67. The zero-order chi connectivity index (χ0) is 13.5. The van der Waals surface area contributed by atoms with E-state index < -0.39 is 11.5 Å². The molecule has 2 fully saturated rings. The summed E-state index contributed by atoms with van der Waals surface area (Å²) in [5.41, 5.74) is 7.52. The van der Waals surface area contributed by atoms with Crippen LogP contribution in [0.15, 0.2) is 24.3 Å². The zero-order valence-electron chi connectivity index (χ0n) is 11.0. The number of carboxylic acid groups (broad SMARTS) is 1. The van der Waals surface area contributed by atoms with E-state index in [1.54, 1.807) is 0 Å². The van der Waals surface area contributed by atoms with Crippen molar-refractivity contribution in [2.24, 2.45) is 5.73 Å². The molecule has 102 valence electrons. The fourth-order valence-corrected chi connectivity index (χ4v) is 2.84. The van der Waals surface area contributed by atoms with Gasteiger partial charge in [-0.2, -0.15) is 0 Å². The summed E-state index contributed by atoms with van der Waals surface area (Å²) in [7, 11) is 0. The molecule has 1 saturated heterocycles. The molecule has 0 aromatic heterocycles. The molecule has 2 aliphatic rings. The summed E-state index contributed by atoms with van der Waals surface area (Å²) in [5, 5.41) is 9.13. The van der Waals surface area contributed by atoms with Gasteiger partial charge in [-0.05, 0) is 36.3 Å². The molecule has 1 aliphatic carbocycles. The molecule has 1 aromatic carbocycles. The van der Waals surface area contributed by atoms with Gasteiger partial charge in [0.05, 0.1) is 0 Å². The van der Waals surface area contributed by atoms with Gasteiger partial charge in [-0.3, -0.25) is 9.69 Å².